The average molecular weight is 299 g/mol. The first-order valence-electron chi connectivity index (χ1n) is 6.63. The van der Waals surface area contributed by atoms with Gasteiger partial charge in [-0.2, -0.15) is 4.98 Å². The largest absolute Gasteiger partial charge is 0.476 e. The van der Waals surface area contributed by atoms with Crippen molar-refractivity contribution in [1.29, 1.82) is 0 Å². The number of ether oxygens (including phenoxy) is 1. The van der Waals surface area contributed by atoms with Crippen molar-refractivity contribution in [2.45, 2.75) is 12.8 Å². The Balaban J connectivity index is 2.01. The van der Waals surface area contributed by atoms with Crippen molar-refractivity contribution < 1.29 is 13.2 Å². The summed E-state index contributed by atoms with van der Waals surface area (Å²) in [5, 5.41) is 0. The van der Waals surface area contributed by atoms with Crippen LogP contribution in [0.3, 0.4) is 0 Å². The van der Waals surface area contributed by atoms with Gasteiger partial charge in [0.25, 0.3) is 0 Å². The average Bonchev–Trinajstić information content (AvgIpc) is 3.18. The van der Waals surface area contributed by atoms with Crippen LogP contribution in [-0.2, 0) is 9.84 Å². The Kier molecular flexibility index (Phi) is 4.37. The van der Waals surface area contributed by atoms with Gasteiger partial charge in [-0.05, 0) is 30.9 Å². The third-order valence-corrected chi connectivity index (χ3v) is 4.14. The van der Waals surface area contributed by atoms with E-state index in [9.17, 15) is 8.42 Å². The molecule has 1 aliphatic rings. The maximum atomic E-state index is 11.2. The van der Waals surface area contributed by atoms with E-state index >= 15 is 0 Å². The Morgan fingerprint density at radius 2 is 2.15 bits per heavy atom. The van der Waals surface area contributed by atoms with Gasteiger partial charge < -0.3 is 15.4 Å². The van der Waals surface area contributed by atoms with Crippen LogP contribution < -0.4 is 15.4 Å². The third kappa shape index (κ3) is 4.56. The molecule has 0 atom stereocenters. The maximum absolute atomic E-state index is 11.2. The van der Waals surface area contributed by atoms with E-state index in [1.54, 1.807) is 24.1 Å². The van der Waals surface area contributed by atoms with Crippen LogP contribution in [0.5, 0.6) is 5.88 Å². The molecule has 1 aromatic heterocycles. The van der Waals surface area contributed by atoms with Gasteiger partial charge >= 0.3 is 0 Å². The smallest absolute Gasteiger partial charge is 0.239 e. The fourth-order valence-corrected chi connectivity index (χ4v) is 2.27. The van der Waals surface area contributed by atoms with Gasteiger partial charge in [0.15, 0.2) is 0 Å². The number of nitrogen functional groups attached to an aromatic ring is 1. The van der Waals surface area contributed by atoms with Gasteiger partial charge in [-0.25, -0.2) is 8.42 Å². The van der Waals surface area contributed by atoms with Crippen molar-refractivity contribution in [2.75, 3.05) is 42.8 Å². The van der Waals surface area contributed by atoms with Gasteiger partial charge in [0.1, 0.15) is 15.7 Å². The van der Waals surface area contributed by atoms with Crippen molar-refractivity contribution >= 4 is 21.3 Å². The highest BCUT2D eigenvalue weighted by Crippen LogP contribution is 2.31. The van der Waals surface area contributed by atoms with Crippen molar-refractivity contribution in [3.8, 4) is 5.88 Å². The van der Waals surface area contributed by atoms with Crippen molar-refractivity contribution in [3.05, 3.63) is 12.1 Å². The number of hydrogen-bond donors (Lipinski definition) is 1. The van der Waals surface area contributed by atoms with Gasteiger partial charge in [0.05, 0.1) is 18.0 Å². The molecule has 0 amide bonds. The van der Waals surface area contributed by atoms with E-state index in [1.807, 2.05) is 0 Å². The number of sulfone groups is 1. The molecule has 0 bridgehead atoms. The van der Waals surface area contributed by atoms with Crippen molar-refractivity contribution in [1.82, 2.24) is 4.98 Å². The second kappa shape index (κ2) is 5.87. The first-order valence-corrected chi connectivity index (χ1v) is 8.69. The second-order valence-corrected chi connectivity index (χ2v) is 7.63. The van der Waals surface area contributed by atoms with E-state index in [0.29, 0.717) is 36.5 Å². The Morgan fingerprint density at radius 1 is 1.45 bits per heavy atom. The first-order chi connectivity index (χ1) is 9.35. The van der Waals surface area contributed by atoms with Gasteiger partial charge in [0, 0.05) is 19.8 Å². The molecule has 20 heavy (non-hydrogen) atoms. The van der Waals surface area contributed by atoms with Crippen LogP contribution in [0, 0.1) is 5.92 Å². The lowest BCUT2D eigenvalue weighted by molar-refractivity contribution is 0.290. The highest BCUT2D eigenvalue weighted by atomic mass is 32.2. The molecule has 1 aliphatic carbocycles. The molecular weight excluding hydrogens is 278 g/mol. The molecule has 1 aromatic rings. The van der Waals surface area contributed by atoms with Crippen LogP contribution in [0.25, 0.3) is 0 Å². The molecule has 1 fully saturated rings. The molecule has 0 saturated heterocycles. The molecule has 7 heteroatoms. The maximum Gasteiger partial charge on any atom is 0.239 e. The molecule has 0 spiro atoms. The zero-order valence-corrected chi connectivity index (χ0v) is 12.7. The van der Waals surface area contributed by atoms with E-state index in [2.05, 4.69) is 4.98 Å². The summed E-state index contributed by atoms with van der Waals surface area (Å²) in [6.07, 6.45) is 3.63. The molecule has 0 radical (unpaired) electrons. The topological polar surface area (TPSA) is 85.5 Å². The molecule has 2 N–H and O–H groups in total. The fourth-order valence-electron chi connectivity index (χ4n) is 1.67. The monoisotopic (exact) mass is 299 g/mol. The quantitative estimate of drug-likeness (QED) is 0.806. The van der Waals surface area contributed by atoms with Gasteiger partial charge in [0.2, 0.25) is 5.88 Å². The summed E-state index contributed by atoms with van der Waals surface area (Å²) < 4.78 is 28.0. The molecule has 0 unspecified atom stereocenters. The number of anilines is 2. The fraction of sp³-hybridized carbons (Fsp3) is 0.615. The van der Waals surface area contributed by atoms with E-state index in [4.69, 9.17) is 10.5 Å². The Morgan fingerprint density at radius 3 is 2.75 bits per heavy atom. The van der Waals surface area contributed by atoms with Crippen molar-refractivity contribution in [2.24, 2.45) is 5.92 Å². The predicted molar refractivity (Wildman–Crippen MR) is 79.8 cm³/mol. The van der Waals surface area contributed by atoms with Gasteiger partial charge in [-0.15, -0.1) is 0 Å². The summed E-state index contributed by atoms with van der Waals surface area (Å²) in [6, 6.07) is 3.50. The summed E-state index contributed by atoms with van der Waals surface area (Å²) in [4.78, 5) is 6.14. The van der Waals surface area contributed by atoms with Crippen molar-refractivity contribution in [3.63, 3.8) is 0 Å². The Labute approximate surface area is 119 Å². The minimum atomic E-state index is -2.98. The lowest BCUT2D eigenvalue weighted by Crippen LogP contribution is -2.25. The number of nitrogens with two attached hydrogens (primary N) is 1. The molecule has 0 aromatic carbocycles. The molecule has 1 saturated carbocycles. The molecule has 112 valence electrons. The lowest BCUT2D eigenvalue weighted by Gasteiger charge is -2.19. The summed E-state index contributed by atoms with van der Waals surface area (Å²) in [5.41, 5.74) is 6.34. The summed E-state index contributed by atoms with van der Waals surface area (Å²) in [5.74, 6) is 1.81. The Bertz CT molecular complexity index is 570. The SMILES string of the molecule is CN(CCS(C)(=O)=O)c1ccc(N)c(OCC2CC2)n1. The van der Waals surface area contributed by atoms with E-state index in [0.717, 1.165) is 0 Å². The van der Waals surface area contributed by atoms with E-state index < -0.39 is 9.84 Å². The van der Waals surface area contributed by atoms with E-state index in [-0.39, 0.29) is 5.75 Å². The zero-order chi connectivity index (χ0) is 14.8. The van der Waals surface area contributed by atoms with Crippen LogP contribution in [0.4, 0.5) is 11.5 Å². The number of hydrogen-bond acceptors (Lipinski definition) is 6. The normalized spacial score (nSPS) is 15.1. The molecular formula is C13H21N3O3S. The lowest BCUT2D eigenvalue weighted by atomic mass is 10.3. The third-order valence-electron chi connectivity index (χ3n) is 3.22. The summed E-state index contributed by atoms with van der Waals surface area (Å²) in [7, 11) is -1.18. The standard InChI is InChI=1S/C13H21N3O3S/c1-16(7-8-20(2,17)18)12-6-5-11(14)13(15-12)19-9-10-3-4-10/h5-6,10H,3-4,7-9,14H2,1-2H3. The first kappa shape index (κ1) is 14.9. The van der Waals surface area contributed by atoms with E-state index in [1.165, 1.54) is 19.1 Å². The number of nitrogens with zero attached hydrogens (tertiary/aromatic N) is 2. The molecule has 2 rings (SSSR count). The van der Waals surface area contributed by atoms with Crippen LogP contribution in [-0.4, -0.2) is 45.6 Å². The minimum absolute atomic E-state index is 0.0911. The molecule has 0 aliphatic heterocycles. The number of aromatic nitrogens is 1. The summed E-state index contributed by atoms with van der Waals surface area (Å²) in [6.45, 7) is 1.03. The van der Waals surface area contributed by atoms with Gasteiger partial charge in [-0.1, -0.05) is 0 Å². The summed E-state index contributed by atoms with van der Waals surface area (Å²) >= 11 is 0. The molecule has 1 heterocycles. The Hall–Kier alpha value is -1.50. The second-order valence-electron chi connectivity index (χ2n) is 5.37. The van der Waals surface area contributed by atoms with Crippen LogP contribution in [0.15, 0.2) is 12.1 Å². The highest BCUT2D eigenvalue weighted by molar-refractivity contribution is 7.90. The molecule has 6 nitrogen and oxygen atoms in total. The highest BCUT2D eigenvalue weighted by Gasteiger charge is 2.22. The van der Waals surface area contributed by atoms with Crippen LogP contribution >= 0.6 is 0 Å². The number of pyridine rings is 1. The predicted octanol–water partition coefficient (Wildman–Crippen LogP) is 0.933. The number of rotatable bonds is 7. The zero-order valence-electron chi connectivity index (χ0n) is 11.9. The minimum Gasteiger partial charge on any atom is -0.476 e. The van der Waals surface area contributed by atoms with Crippen LogP contribution in [0.2, 0.25) is 0 Å². The van der Waals surface area contributed by atoms with Gasteiger partial charge in [-0.3, -0.25) is 0 Å². The van der Waals surface area contributed by atoms with Crippen LogP contribution in [0.1, 0.15) is 12.8 Å².